The molecule has 0 saturated heterocycles. The van der Waals surface area contributed by atoms with Crippen LogP contribution in [-0.2, 0) is 0 Å². The Labute approximate surface area is 554 Å². The van der Waals surface area contributed by atoms with Crippen molar-refractivity contribution < 1.29 is 17.7 Å². The molecule has 0 amide bonds. The Hall–Kier alpha value is -13.3. The first-order chi connectivity index (χ1) is 48.6. The van der Waals surface area contributed by atoms with Crippen LogP contribution in [0, 0.1) is 0 Å². The number of hydrogen-bond donors (Lipinski definition) is 0. The first-order valence-electron chi connectivity index (χ1n) is 33.0. The summed E-state index contributed by atoms with van der Waals surface area (Å²) >= 11 is 0. The van der Waals surface area contributed by atoms with Crippen LogP contribution in [0.3, 0.4) is 0 Å². The summed E-state index contributed by atoms with van der Waals surface area (Å²) in [6.07, 6.45) is 0. The summed E-state index contributed by atoms with van der Waals surface area (Å²) in [5.74, 6) is 2.77. The molecule has 8 aromatic heterocycles. The molecule has 454 valence electrons. The van der Waals surface area contributed by atoms with E-state index in [4.69, 9.17) is 47.6 Å². The zero-order valence-corrected chi connectivity index (χ0v) is 51.8. The predicted molar refractivity (Wildman–Crippen MR) is 388 cm³/mol. The molecule has 13 aromatic carbocycles. The molecular weight excluding hydrogens is 1210 g/mol. The van der Waals surface area contributed by atoms with Gasteiger partial charge in [-0.3, -0.25) is 9.13 Å². The largest absolute Gasteiger partial charge is 0.456 e. The van der Waals surface area contributed by atoms with Crippen molar-refractivity contribution >= 4 is 131 Å². The Bertz CT molecular complexity index is 6460. The molecule has 12 nitrogen and oxygen atoms in total. The molecule has 21 aromatic rings. The van der Waals surface area contributed by atoms with Gasteiger partial charge in [0.05, 0.1) is 22.1 Å². The summed E-state index contributed by atoms with van der Waals surface area (Å²) in [5, 5.41) is 12.2. The molecule has 0 saturated carbocycles. The van der Waals surface area contributed by atoms with Crippen LogP contribution in [0.15, 0.2) is 285 Å². The van der Waals surface area contributed by atoms with E-state index in [1.54, 1.807) is 0 Å². The minimum atomic E-state index is -0.209. The molecule has 0 spiro atoms. The topological polar surface area (TPSA) is 140 Å². The van der Waals surface area contributed by atoms with Crippen molar-refractivity contribution in [2.45, 2.75) is 11.8 Å². The highest BCUT2D eigenvalue weighted by Gasteiger charge is 2.45. The highest BCUT2D eigenvalue weighted by atomic mass is 16.3. The summed E-state index contributed by atoms with van der Waals surface area (Å²) in [7, 11) is 0. The Balaban J connectivity index is 0.783. The fourth-order valence-corrected chi connectivity index (χ4v) is 17.0. The van der Waals surface area contributed by atoms with E-state index < -0.39 is 0 Å². The van der Waals surface area contributed by atoms with Gasteiger partial charge in [-0.25, -0.2) is 9.97 Å². The van der Waals surface area contributed by atoms with Crippen LogP contribution in [0.2, 0.25) is 0 Å². The molecule has 2 bridgehead atoms. The van der Waals surface area contributed by atoms with E-state index in [1.165, 1.54) is 33.4 Å². The molecule has 12 heteroatoms. The van der Waals surface area contributed by atoms with Gasteiger partial charge in [0.2, 0.25) is 11.9 Å². The molecule has 0 radical (unpaired) electrons. The number of fused-ring (bicyclic) bond motifs is 18. The first kappa shape index (κ1) is 52.1. The van der Waals surface area contributed by atoms with Gasteiger partial charge in [0.15, 0.2) is 23.3 Å². The van der Waals surface area contributed by atoms with Crippen molar-refractivity contribution in [2.24, 2.45) is 0 Å². The lowest BCUT2D eigenvalue weighted by molar-refractivity contribution is 0.668. The van der Waals surface area contributed by atoms with Gasteiger partial charge in [-0.05, 0) is 106 Å². The number of benzene rings is 13. The van der Waals surface area contributed by atoms with Gasteiger partial charge in [-0.2, -0.15) is 19.9 Å². The molecule has 0 unspecified atom stereocenters. The van der Waals surface area contributed by atoms with Crippen LogP contribution in [0.4, 0.5) is 0 Å². The van der Waals surface area contributed by atoms with Crippen molar-refractivity contribution in [3.8, 4) is 57.4 Å². The molecule has 3 aliphatic rings. The third-order valence-electron chi connectivity index (χ3n) is 20.9. The highest BCUT2D eigenvalue weighted by molar-refractivity contribution is 6.18. The van der Waals surface area contributed by atoms with E-state index in [-0.39, 0.29) is 11.8 Å². The number of hydrogen-bond acceptors (Lipinski definition) is 10. The summed E-state index contributed by atoms with van der Waals surface area (Å²) in [5.41, 5.74) is 21.1. The van der Waals surface area contributed by atoms with Gasteiger partial charge in [-0.1, -0.05) is 194 Å². The highest BCUT2D eigenvalue weighted by Crippen LogP contribution is 2.61. The van der Waals surface area contributed by atoms with Crippen molar-refractivity contribution in [3.05, 3.63) is 300 Å². The lowest BCUT2D eigenvalue weighted by Gasteiger charge is -2.43. The third-order valence-corrected chi connectivity index (χ3v) is 20.9. The van der Waals surface area contributed by atoms with Crippen LogP contribution in [0.5, 0.6) is 0 Å². The van der Waals surface area contributed by atoms with Gasteiger partial charge in [0, 0.05) is 98.7 Å². The van der Waals surface area contributed by atoms with E-state index in [2.05, 4.69) is 155 Å². The number of nitrogens with zero attached hydrogens (tertiary/aromatic N) is 8. The minimum absolute atomic E-state index is 0.0870. The number of aromatic nitrogens is 8. The summed E-state index contributed by atoms with van der Waals surface area (Å²) in [6.45, 7) is 0. The first-order valence-corrected chi connectivity index (χ1v) is 33.0. The lowest BCUT2D eigenvalue weighted by Crippen LogP contribution is -2.28. The van der Waals surface area contributed by atoms with Gasteiger partial charge in [0.25, 0.3) is 0 Å². The Morgan fingerprint density at radius 3 is 0.867 bits per heavy atom. The normalized spacial score (nSPS) is 14.3. The third kappa shape index (κ3) is 6.95. The molecular formula is C86H46N8O4. The smallest absolute Gasteiger partial charge is 0.238 e. The van der Waals surface area contributed by atoms with E-state index in [0.717, 1.165) is 154 Å². The fraction of sp³-hybridized carbons (Fsp3) is 0.0233. The quantitative estimate of drug-likeness (QED) is 0.158. The van der Waals surface area contributed by atoms with Crippen LogP contribution in [-0.4, -0.2) is 39.0 Å². The average Bonchev–Trinajstić information content (AvgIpc) is 1.32. The van der Waals surface area contributed by atoms with E-state index in [9.17, 15) is 0 Å². The molecule has 8 heterocycles. The van der Waals surface area contributed by atoms with Gasteiger partial charge in [-0.15, -0.1) is 0 Å². The van der Waals surface area contributed by atoms with Crippen LogP contribution >= 0.6 is 0 Å². The van der Waals surface area contributed by atoms with Crippen molar-refractivity contribution in [1.29, 1.82) is 0 Å². The van der Waals surface area contributed by atoms with Crippen LogP contribution in [0.25, 0.3) is 189 Å². The number of furan rings is 4. The monoisotopic (exact) mass is 1250 g/mol. The number of para-hydroxylation sites is 6. The van der Waals surface area contributed by atoms with Crippen molar-refractivity contribution in [3.63, 3.8) is 0 Å². The SMILES string of the molecule is c1ccc2c(c1)C1c3ccc4c(c3C2c2c1ccc1c2c2ccccc2n1-c1nc(-c2cccc3oc5ccccc5c23)nc(-c2cccc3oc5ccccc5c23)n1)c1ccccc1n4-c1nc(-c2cccc3oc4ccccc4c23)nc(-c2cccc3oc4ccccc4c23)n1. The zero-order chi connectivity index (χ0) is 63.6. The van der Waals surface area contributed by atoms with Crippen LogP contribution < -0.4 is 0 Å². The molecule has 98 heavy (non-hydrogen) atoms. The Morgan fingerprint density at radius 1 is 0.214 bits per heavy atom. The Morgan fingerprint density at radius 2 is 0.510 bits per heavy atom. The molecule has 24 rings (SSSR count). The molecule has 0 atom stereocenters. The molecule has 3 aliphatic carbocycles. The summed E-state index contributed by atoms with van der Waals surface area (Å²) in [6, 6.07) is 93.1. The van der Waals surface area contributed by atoms with Gasteiger partial charge < -0.3 is 17.7 Å². The second-order valence-corrected chi connectivity index (χ2v) is 25.8. The second kappa shape index (κ2) is 19.2. The Kier molecular flexibility index (Phi) is 10.2. The molecule has 0 aliphatic heterocycles. The average molecular weight is 1260 g/mol. The standard InChI is InChI=1S/C86H46N8O4/c1-2-20-46-45(19-1)71-53-41-43-61-76(47-21-3-9-31-59(47)93(61)85-89-81(55-27-15-37-67-72(55)49-23-5-11-33-63(49)95-67)87-82(90-85)56-28-16-38-68-73(56)50-24-6-12-34-64(50)96-68)79(53)78(46)80-54(71)42-44-62-77(80)48-22-4-10-32-60(48)94(62)86-91-83(57-29-17-39-69-74(57)51-25-7-13-35-65(51)97-69)88-84(92-86)58-30-18-40-70-75(58)52-26-8-14-36-66(52)98-70/h1-44,71,78H. The lowest BCUT2D eigenvalue weighted by atomic mass is 9.59. The van der Waals surface area contributed by atoms with Gasteiger partial charge >= 0.3 is 0 Å². The van der Waals surface area contributed by atoms with Gasteiger partial charge in [0.1, 0.15) is 44.7 Å². The zero-order valence-electron chi connectivity index (χ0n) is 51.8. The molecule has 0 fully saturated rings. The van der Waals surface area contributed by atoms with E-state index >= 15 is 0 Å². The van der Waals surface area contributed by atoms with E-state index in [0.29, 0.717) is 35.2 Å². The van der Waals surface area contributed by atoms with Crippen molar-refractivity contribution in [1.82, 2.24) is 39.0 Å². The minimum Gasteiger partial charge on any atom is -0.456 e. The van der Waals surface area contributed by atoms with Crippen LogP contribution in [0.1, 0.15) is 45.2 Å². The molecule has 0 N–H and O–H groups in total. The maximum atomic E-state index is 6.53. The second-order valence-electron chi connectivity index (χ2n) is 25.8. The summed E-state index contributed by atoms with van der Waals surface area (Å²) in [4.78, 5) is 33.5. The maximum Gasteiger partial charge on any atom is 0.238 e. The predicted octanol–water partition coefficient (Wildman–Crippen LogP) is 21.5. The summed E-state index contributed by atoms with van der Waals surface area (Å²) < 4.78 is 30.6. The fourth-order valence-electron chi connectivity index (χ4n) is 17.0. The van der Waals surface area contributed by atoms with Crippen molar-refractivity contribution in [2.75, 3.05) is 0 Å². The maximum absolute atomic E-state index is 6.53. The number of rotatable bonds is 6. The van der Waals surface area contributed by atoms with E-state index in [1.807, 2.05) is 121 Å².